The van der Waals surface area contributed by atoms with E-state index in [1.165, 1.54) is 24.3 Å². The Balaban J connectivity index is 1.18. The third-order valence-electron chi connectivity index (χ3n) is 14.8. The van der Waals surface area contributed by atoms with Gasteiger partial charge in [0.25, 0.3) is 0 Å². The third kappa shape index (κ3) is 11.4. The smallest absolute Gasteiger partial charge is 0.460 e. The maximum absolute atomic E-state index is 10.9. The molecule has 0 radical (unpaired) electrons. The van der Waals surface area contributed by atoms with Crippen LogP contribution in [0.15, 0.2) is 321 Å². The summed E-state index contributed by atoms with van der Waals surface area (Å²) in [5.41, 5.74) is 0. The molecule has 1 heterocycles. The number of hydrogen-bond acceptors (Lipinski definition) is 14. The lowest BCUT2D eigenvalue weighted by molar-refractivity contribution is 0.444. The Bertz CT molecular complexity index is 4840. The summed E-state index contributed by atoms with van der Waals surface area (Å²) in [5.74, 6) is 2.02. The second kappa shape index (κ2) is 23.6. The molecule has 0 saturated carbocycles. The second-order valence-corrected chi connectivity index (χ2v) is 29.1. The highest BCUT2D eigenvalue weighted by atomic mass is 31.3. The van der Waals surface area contributed by atoms with Gasteiger partial charge in [-0.3, -0.25) is 0 Å². The first-order chi connectivity index (χ1) is 44.1. The quantitative estimate of drug-likeness (QED) is 0.0890. The molecular weight excluding hydrogens is 1200 g/mol. The van der Waals surface area contributed by atoms with Crippen molar-refractivity contribution < 1.29 is 46.4 Å². The molecule has 18 heteroatoms. The minimum absolute atomic E-state index is 0.0441. The van der Waals surface area contributed by atoms with Crippen LogP contribution in [-0.4, -0.2) is 10.2 Å². The molecule has 15 rings (SSSR count). The fraction of sp³-hybridized carbons (Fsp3) is 0. The fourth-order valence-electron chi connectivity index (χ4n) is 10.7. The van der Waals surface area contributed by atoms with Crippen LogP contribution in [0, 0.1) is 0 Å². The molecule has 0 aromatic heterocycles. The number of aromatic hydroxyl groups is 2. The Labute approximate surface area is 517 Å². The average Bonchev–Trinajstić information content (AvgIpc) is 0.802. The molecule has 0 unspecified atom stereocenters. The standard InChI is InChI=1S/C72H52N4O10P4/c77-57-43-47-59(48-44-57)79-87(80-60-49-45-58(78)46-50-60)73-88(81-67-37-13-25-51-19-1-7-31-61(51)67,82-68-38-14-26-52-20-2-8-32-62(52)68)75-90(85-71-41-17-29-55-23-5-11-35-65(55)71,86-72-42-18-30-56-24-6-12-36-66(56)72)76-89(74-87,83-69-39-15-27-53-21-3-9-33-63(53)69)84-70-40-16-28-54-22-4-10-34-64(54)70/h1-50,77-78H. The van der Waals surface area contributed by atoms with Crippen LogP contribution in [0.5, 0.6) is 57.5 Å². The van der Waals surface area contributed by atoms with Gasteiger partial charge >= 0.3 is 30.6 Å². The van der Waals surface area contributed by atoms with Gasteiger partial charge in [-0.2, -0.15) is 0 Å². The zero-order valence-corrected chi connectivity index (χ0v) is 51.2. The monoisotopic (exact) mass is 1260 g/mol. The Kier molecular flexibility index (Phi) is 14.7. The van der Waals surface area contributed by atoms with Crippen LogP contribution in [0.25, 0.3) is 64.6 Å². The molecule has 0 fully saturated rings. The van der Waals surface area contributed by atoms with Crippen LogP contribution >= 0.6 is 30.6 Å². The average molecular weight is 1260 g/mol. The molecule has 14 nitrogen and oxygen atoms in total. The third-order valence-corrected chi connectivity index (χ3v) is 25.6. The van der Waals surface area contributed by atoms with Crippen LogP contribution in [0.1, 0.15) is 0 Å². The van der Waals surface area contributed by atoms with Gasteiger partial charge in [-0.05, 0) is 117 Å². The van der Waals surface area contributed by atoms with Crippen molar-refractivity contribution in [3.8, 4) is 57.5 Å². The number of nitrogens with zero attached hydrogens (tertiary/aromatic N) is 4. The summed E-state index contributed by atoms with van der Waals surface area (Å²) in [5, 5.41) is 30.9. The van der Waals surface area contributed by atoms with E-state index in [0.717, 1.165) is 32.3 Å². The van der Waals surface area contributed by atoms with E-state index in [9.17, 15) is 10.2 Å². The molecule has 0 amide bonds. The maximum atomic E-state index is 10.9. The first-order valence-corrected chi connectivity index (χ1v) is 34.8. The number of hydrogen-bond donors (Lipinski definition) is 2. The summed E-state index contributed by atoms with van der Waals surface area (Å²) in [6.45, 7) is 0. The first-order valence-electron chi connectivity index (χ1n) is 28.7. The van der Waals surface area contributed by atoms with Gasteiger partial charge in [-0.1, -0.05) is 236 Å². The number of rotatable bonds is 16. The summed E-state index contributed by atoms with van der Waals surface area (Å²) >= 11 is 0. The van der Waals surface area contributed by atoms with E-state index < -0.39 is 30.6 Å². The molecule has 2 N–H and O–H groups in total. The predicted molar refractivity (Wildman–Crippen MR) is 362 cm³/mol. The van der Waals surface area contributed by atoms with Crippen LogP contribution in [0.3, 0.4) is 0 Å². The molecule has 0 aliphatic carbocycles. The zero-order valence-electron chi connectivity index (χ0n) is 47.6. The lowest BCUT2D eigenvalue weighted by Gasteiger charge is -2.33. The van der Waals surface area contributed by atoms with E-state index in [4.69, 9.17) is 54.3 Å². The van der Waals surface area contributed by atoms with E-state index >= 15 is 0 Å². The minimum Gasteiger partial charge on any atom is -0.508 e. The number of benzene rings is 14. The van der Waals surface area contributed by atoms with Crippen molar-refractivity contribution in [2.45, 2.75) is 0 Å². The topological polar surface area (TPSA) is 164 Å². The highest BCUT2D eigenvalue weighted by Crippen LogP contribution is 2.80. The van der Waals surface area contributed by atoms with Gasteiger partial charge in [0, 0.05) is 32.3 Å². The molecule has 90 heavy (non-hydrogen) atoms. The van der Waals surface area contributed by atoms with Gasteiger partial charge in [-0.25, -0.2) is 0 Å². The molecule has 0 saturated heterocycles. The lowest BCUT2D eigenvalue weighted by atomic mass is 10.1. The molecule has 14 aromatic carbocycles. The number of phenols is 2. The molecule has 0 spiro atoms. The highest BCUT2D eigenvalue weighted by Gasteiger charge is 2.50. The highest BCUT2D eigenvalue weighted by molar-refractivity contribution is 7.79. The molecule has 1 aliphatic heterocycles. The van der Waals surface area contributed by atoms with Crippen molar-refractivity contribution >= 4 is 95.3 Å². The molecule has 14 aromatic rings. The Morgan fingerprint density at radius 1 is 0.189 bits per heavy atom. The van der Waals surface area contributed by atoms with Gasteiger partial charge < -0.3 is 46.4 Å². The maximum Gasteiger partial charge on any atom is 0.460 e. The van der Waals surface area contributed by atoms with E-state index in [1.54, 1.807) is 24.3 Å². The van der Waals surface area contributed by atoms with Crippen molar-refractivity contribution in [3.63, 3.8) is 0 Å². The van der Waals surface area contributed by atoms with Gasteiger partial charge in [0.1, 0.15) is 57.5 Å². The largest absolute Gasteiger partial charge is 0.508 e. The van der Waals surface area contributed by atoms with Crippen LogP contribution in [0.4, 0.5) is 0 Å². The summed E-state index contributed by atoms with van der Waals surface area (Å²) in [7, 11) is -19.5. The van der Waals surface area contributed by atoms with Crippen molar-refractivity contribution in [2.24, 2.45) is 18.1 Å². The van der Waals surface area contributed by atoms with Gasteiger partial charge in [0.15, 0.2) is 0 Å². The second-order valence-electron chi connectivity index (χ2n) is 20.9. The van der Waals surface area contributed by atoms with Gasteiger partial charge in [0.2, 0.25) is 0 Å². The summed E-state index contributed by atoms with van der Waals surface area (Å²) in [6.07, 6.45) is 0. The van der Waals surface area contributed by atoms with Crippen LogP contribution < -0.4 is 36.2 Å². The summed E-state index contributed by atoms with van der Waals surface area (Å²) < 4.78 is 85.4. The fourth-order valence-corrected chi connectivity index (χ4v) is 22.9. The summed E-state index contributed by atoms with van der Waals surface area (Å²) in [4.78, 5) is 0. The molecular formula is C72H52N4O10P4. The SMILES string of the molecule is Oc1ccc(OP2(Oc3ccc(O)cc3)=NP(Oc3cccc4ccccc34)(Oc3cccc4ccccc34)=NP(Oc3cccc4ccccc34)(Oc3cccc4ccccc34)=NP(Oc3cccc4ccccc34)(Oc3cccc4ccccc34)=N2)cc1. The van der Waals surface area contributed by atoms with Crippen LogP contribution in [-0.2, 0) is 0 Å². The molecule has 0 bridgehead atoms. The number of phenolic OH excluding ortho intramolecular Hbond substituents is 2. The summed E-state index contributed by atoms with van der Waals surface area (Å²) in [6, 6.07) is 93.1. The minimum atomic E-state index is -4.88. The van der Waals surface area contributed by atoms with E-state index in [1.807, 2.05) is 255 Å². The first kappa shape index (κ1) is 56.1. The molecule has 0 atom stereocenters. The molecule has 440 valence electrons. The van der Waals surface area contributed by atoms with Gasteiger partial charge in [0.05, 0.1) is 0 Å². The lowest BCUT2D eigenvalue weighted by Crippen LogP contribution is -2.11. The van der Waals surface area contributed by atoms with Gasteiger partial charge in [-0.15, -0.1) is 0 Å². The number of fused-ring (bicyclic) bond motifs is 6. The van der Waals surface area contributed by atoms with E-state index in [0.29, 0.717) is 66.8 Å². The van der Waals surface area contributed by atoms with Crippen molar-refractivity contribution in [2.75, 3.05) is 0 Å². The predicted octanol–water partition coefficient (Wildman–Crippen LogP) is 22.7. The Hall–Kier alpha value is -10.4. The Morgan fingerprint density at radius 2 is 0.367 bits per heavy atom. The van der Waals surface area contributed by atoms with E-state index in [2.05, 4.69) is 0 Å². The normalized spacial score (nSPS) is 14.6. The van der Waals surface area contributed by atoms with Crippen LogP contribution in [0.2, 0.25) is 0 Å². The zero-order chi connectivity index (χ0) is 60.5. The van der Waals surface area contributed by atoms with Crippen molar-refractivity contribution in [1.82, 2.24) is 0 Å². The van der Waals surface area contributed by atoms with E-state index in [-0.39, 0.29) is 23.0 Å². The molecule has 1 aliphatic rings. The van der Waals surface area contributed by atoms with Crippen molar-refractivity contribution in [3.05, 3.63) is 303 Å². The Morgan fingerprint density at radius 3 is 0.578 bits per heavy atom. The van der Waals surface area contributed by atoms with Crippen molar-refractivity contribution in [1.29, 1.82) is 0 Å².